The molecule has 0 spiro atoms. The van der Waals surface area contributed by atoms with Gasteiger partial charge in [-0.25, -0.2) is 4.98 Å². The Hall–Kier alpha value is -2.43. The van der Waals surface area contributed by atoms with Gasteiger partial charge in [-0.2, -0.15) is 0 Å². The largest absolute Gasteiger partial charge is 0.322 e. The summed E-state index contributed by atoms with van der Waals surface area (Å²) in [6.45, 7) is 5.32. The Balaban J connectivity index is 1.89. The van der Waals surface area contributed by atoms with Gasteiger partial charge in [0.2, 0.25) is 0 Å². The van der Waals surface area contributed by atoms with Crippen LogP contribution in [-0.4, -0.2) is 10.9 Å². The number of amides is 1. The first-order valence-corrected chi connectivity index (χ1v) is 8.58. The zero-order valence-corrected chi connectivity index (χ0v) is 14.6. The topological polar surface area (TPSA) is 42.0 Å². The summed E-state index contributed by atoms with van der Waals surface area (Å²) in [5.41, 5.74) is 3.88. The summed E-state index contributed by atoms with van der Waals surface area (Å²) in [7, 11) is 0. The minimum atomic E-state index is -0.192. The summed E-state index contributed by atoms with van der Waals surface area (Å²) < 4.78 is 0. The molecular weight excluding hydrogens is 340 g/mol. The summed E-state index contributed by atoms with van der Waals surface area (Å²) in [5, 5.41) is 6.35. The first kappa shape index (κ1) is 16.4. The summed E-state index contributed by atoms with van der Waals surface area (Å²) >= 11 is 7.78. The maximum absolute atomic E-state index is 11.7. The van der Waals surface area contributed by atoms with Crippen LogP contribution >= 0.6 is 22.9 Å². The van der Waals surface area contributed by atoms with Crippen molar-refractivity contribution in [2.75, 3.05) is 5.32 Å². The summed E-state index contributed by atoms with van der Waals surface area (Å²) in [4.78, 5) is 16.4. The molecule has 3 rings (SSSR count). The number of thiazole rings is 1. The van der Waals surface area contributed by atoms with Crippen molar-refractivity contribution in [1.29, 1.82) is 0 Å². The van der Waals surface area contributed by atoms with Crippen LogP contribution in [0.1, 0.15) is 6.92 Å². The van der Waals surface area contributed by atoms with Crippen LogP contribution in [0.4, 0.5) is 5.69 Å². The molecule has 0 saturated carbocycles. The van der Waals surface area contributed by atoms with Gasteiger partial charge in [0.25, 0.3) is 5.91 Å². The molecule has 3 aromatic rings. The molecule has 1 N–H and O–H groups in total. The Morgan fingerprint density at radius 3 is 2.75 bits per heavy atom. The molecule has 1 heterocycles. The molecule has 0 aliphatic carbocycles. The molecule has 0 aliphatic rings. The van der Waals surface area contributed by atoms with Crippen LogP contribution in [0.5, 0.6) is 0 Å². The Morgan fingerprint density at radius 1 is 1.21 bits per heavy atom. The van der Waals surface area contributed by atoms with Crippen molar-refractivity contribution < 1.29 is 4.79 Å². The van der Waals surface area contributed by atoms with E-state index < -0.39 is 0 Å². The van der Waals surface area contributed by atoms with Crippen LogP contribution in [0, 0.1) is 0 Å². The number of rotatable bonds is 4. The lowest BCUT2D eigenvalue weighted by Crippen LogP contribution is -2.11. The van der Waals surface area contributed by atoms with E-state index in [1.54, 1.807) is 6.92 Å². The quantitative estimate of drug-likeness (QED) is 0.615. The molecule has 0 fully saturated rings. The van der Waals surface area contributed by atoms with E-state index in [0.717, 1.165) is 21.8 Å². The lowest BCUT2D eigenvalue weighted by atomic mass is 10.1. The SMILES string of the molecule is C=C(C)C(=O)Nc1cccc(-c2csc(-c3ccccc3Cl)n2)c1. The second kappa shape index (κ2) is 6.99. The van der Waals surface area contributed by atoms with Crippen LogP contribution < -0.4 is 5.32 Å². The van der Waals surface area contributed by atoms with Gasteiger partial charge in [0.15, 0.2) is 0 Å². The Kier molecular flexibility index (Phi) is 4.79. The number of aromatic nitrogens is 1. The van der Waals surface area contributed by atoms with Gasteiger partial charge in [0, 0.05) is 27.8 Å². The van der Waals surface area contributed by atoms with Gasteiger partial charge in [-0.05, 0) is 25.1 Å². The third-order valence-electron chi connectivity index (χ3n) is 3.41. The van der Waals surface area contributed by atoms with Gasteiger partial charge in [-0.15, -0.1) is 11.3 Å². The molecule has 1 aromatic heterocycles. The number of carbonyl (C=O) groups is 1. The summed E-state index contributed by atoms with van der Waals surface area (Å²) in [6.07, 6.45) is 0. The van der Waals surface area contributed by atoms with E-state index in [4.69, 9.17) is 11.6 Å². The van der Waals surface area contributed by atoms with E-state index in [2.05, 4.69) is 16.9 Å². The van der Waals surface area contributed by atoms with Gasteiger partial charge in [-0.1, -0.05) is 48.5 Å². The second-order valence-corrected chi connectivity index (χ2v) is 6.60. The molecule has 0 aliphatic heterocycles. The van der Waals surface area contributed by atoms with E-state index >= 15 is 0 Å². The standard InChI is InChI=1S/C19H15ClN2OS/c1-12(2)18(23)21-14-7-5-6-13(10-14)17-11-24-19(22-17)15-8-3-4-9-16(15)20/h3-11H,1H2,2H3,(H,21,23). The predicted molar refractivity (Wildman–Crippen MR) is 101 cm³/mol. The van der Waals surface area contributed by atoms with Crippen LogP contribution in [-0.2, 0) is 4.79 Å². The fourth-order valence-electron chi connectivity index (χ4n) is 2.16. The maximum Gasteiger partial charge on any atom is 0.250 e. The number of hydrogen-bond acceptors (Lipinski definition) is 3. The normalized spacial score (nSPS) is 10.4. The molecule has 5 heteroatoms. The number of carbonyl (C=O) groups excluding carboxylic acids is 1. The molecule has 2 aromatic carbocycles. The van der Waals surface area contributed by atoms with Gasteiger partial charge < -0.3 is 5.32 Å². The number of nitrogens with zero attached hydrogens (tertiary/aromatic N) is 1. The minimum Gasteiger partial charge on any atom is -0.322 e. The first-order valence-electron chi connectivity index (χ1n) is 7.32. The van der Waals surface area contributed by atoms with E-state index in [0.29, 0.717) is 16.3 Å². The van der Waals surface area contributed by atoms with Crippen molar-refractivity contribution in [2.45, 2.75) is 6.92 Å². The van der Waals surface area contributed by atoms with Gasteiger partial charge in [0.05, 0.1) is 10.7 Å². The molecule has 0 unspecified atom stereocenters. The molecule has 0 saturated heterocycles. The highest BCUT2D eigenvalue weighted by atomic mass is 35.5. The lowest BCUT2D eigenvalue weighted by Gasteiger charge is -2.06. The van der Waals surface area contributed by atoms with E-state index in [9.17, 15) is 4.79 Å². The zero-order valence-electron chi connectivity index (χ0n) is 13.0. The lowest BCUT2D eigenvalue weighted by molar-refractivity contribution is -0.112. The average Bonchev–Trinajstić information content (AvgIpc) is 3.05. The second-order valence-electron chi connectivity index (χ2n) is 5.33. The van der Waals surface area contributed by atoms with Crippen molar-refractivity contribution in [3.63, 3.8) is 0 Å². The number of benzene rings is 2. The molecule has 24 heavy (non-hydrogen) atoms. The highest BCUT2D eigenvalue weighted by molar-refractivity contribution is 7.13. The number of hydrogen-bond donors (Lipinski definition) is 1. The van der Waals surface area contributed by atoms with E-state index in [1.165, 1.54) is 11.3 Å². The van der Waals surface area contributed by atoms with Crippen molar-refractivity contribution in [2.24, 2.45) is 0 Å². The number of anilines is 1. The third-order valence-corrected chi connectivity index (χ3v) is 4.62. The highest BCUT2D eigenvalue weighted by Crippen LogP contribution is 2.33. The summed E-state index contributed by atoms with van der Waals surface area (Å²) in [5.74, 6) is -0.192. The summed E-state index contributed by atoms with van der Waals surface area (Å²) in [6, 6.07) is 15.2. The predicted octanol–water partition coefficient (Wildman–Crippen LogP) is 5.65. The zero-order chi connectivity index (χ0) is 17.1. The molecule has 1 amide bonds. The fourth-order valence-corrected chi connectivity index (χ4v) is 3.31. The van der Waals surface area contributed by atoms with Gasteiger partial charge in [0.1, 0.15) is 5.01 Å². The Morgan fingerprint density at radius 2 is 2.00 bits per heavy atom. The van der Waals surface area contributed by atoms with Gasteiger partial charge >= 0.3 is 0 Å². The van der Waals surface area contributed by atoms with E-state index in [-0.39, 0.29) is 5.91 Å². The Bertz CT molecular complexity index is 917. The monoisotopic (exact) mass is 354 g/mol. The van der Waals surface area contributed by atoms with Crippen molar-refractivity contribution in [3.05, 3.63) is 71.1 Å². The Labute approximate surface area is 149 Å². The van der Waals surface area contributed by atoms with Crippen molar-refractivity contribution in [1.82, 2.24) is 4.98 Å². The van der Waals surface area contributed by atoms with Gasteiger partial charge in [-0.3, -0.25) is 4.79 Å². The van der Waals surface area contributed by atoms with Crippen molar-refractivity contribution in [3.8, 4) is 21.8 Å². The molecular formula is C19H15ClN2OS. The first-order chi connectivity index (χ1) is 11.5. The van der Waals surface area contributed by atoms with Crippen LogP contribution in [0.15, 0.2) is 66.1 Å². The third kappa shape index (κ3) is 3.55. The van der Waals surface area contributed by atoms with Crippen LogP contribution in [0.2, 0.25) is 5.02 Å². The average molecular weight is 355 g/mol. The van der Waals surface area contributed by atoms with Crippen LogP contribution in [0.3, 0.4) is 0 Å². The fraction of sp³-hybridized carbons (Fsp3) is 0.0526. The molecule has 3 nitrogen and oxygen atoms in total. The minimum absolute atomic E-state index is 0.192. The molecule has 0 radical (unpaired) electrons. The molecule has 0 atom stereocenters. The maximum atomic E-state index is 11.7. The molecule has 120 valence electrons. The molecule has 0 bridgehead atoms. The number of halogens is 1. The highest BCUT2D eigenvalue weighted by Gasteiger charge is 2.10. The van der Waals surface area contributed by atoms with Crippen molar-refractivity contribution >= 4 is 34.5 Å². The smallest absolute Gasteiger partial charge is 0.250 e. The number of nitrogens with one attached hydrogen (secondary N) is 1. The van der Waals surface area contributed by atoms with Crippen LogP contribution in [0.25, 0.3) is 21.8 Å². The van der Waals surface area contributed by atoms with E-state index in [1.807, 2.05) is 53.9 Å².